The first-order valence-corrected chi connectivity index (χ1v) is 6.82. The molecule has 0 atom stereocenters. The van der Waals surface area contributed by atoms with Crippen LogP contribution in [-0.4, -0.2) is 30.5 Å². The van der Waals surface area contributed by atoms with Crippen molar-refractivity contribution in [1.29, 1.82) is 0 Å². The monoisotopic (exact) mass is 279 g/mol. The summed E-state index contributed by atoms with van der Waals surface area (Å²) >= 11 is 4.96. The van der Waals surface area contributed by atoms with E-state index in [9.17, 15) is 4.79 Å². The molecule has 0 aliphatic carbocycles. The van der Waals surface area contributed by atoms with Crippen LogP contribution in [0.4, 0.5) is 5.69 Å². The van der Waals surface area contributed by atoms with Gasteiger partial charge in [-0.05, 0) is 44.5 Å². The van der Waals surface area contributed by atoms with Crippen molar-refractivity contribution in [2.24, 2.45) is 5.73 Å². The number of benzene rings is 1. The van der Waals surface area contributed by atoms with Gasteiger partial charge in [0.15, 0.2) is 0 Å². The molecule has 0 heterocycles. The van der Waals surface area contributed by atoms with E-state index in [0.717, 1.165) is 23.4 Å². The molecular formula is C14H21N3OS. The van der Waals surface area contributed by atoms with Crippen molar-refractivity contribution in [2.75, 3.05) is 24.5 Å². The average Bonchev–Trinajstić information content (AvgIpc) is 2.36. The Bertz CT molecular complexity index is 474. The van der Waals surface area contributed by atoms with Crippen molar-refractivity contribution < 1.29 is 4.79 Å². The van der Waals surface area contributed by atoms with Gasteiger partial charge < -0.3 is 16.0 Å². The molecule has 3 N–H and O–H groups in total. The molecule has 1 amide bonds. The molecule has 19 heavy (non-hydrogen) atoms. The molecule has 104 valence electrons. The smallest absolute Gasteiger partial charge is 0.239 e. The predicted molar refractivity (Wildman–Crippen MR) is 83.6 cm³/mol. The maximum absolute atomic E-state index is 11.7. The van der Waals surface area contributed by atoms with E-state index in [0.29, 0.717) is 18.1 Å². The summed E-state index contributed by atoms with van der Waals surface area (Å²) in [6, 6.07) is 5.82. The molecular weight excluding hydrogens is 258 g/mol. The second-order valence-electron chi connectivity index (χ2n) is 4.33. The highest BCUT2D eigenvalue weighted by atomic mass is 32.1. The van der Waals surface area contributed by atoms with Gasteiger partial charge in [-0.3, -0.25) is 4.79 Å². The summed E-state index contributed by atoms with van der Waals surface area (Å²) in [5.41, 5.74) is 8.57. The Morgan fingerprint density at radius 3 is 2.58 bits per heavy atom. The van der Waals surface area contributed by atoms with E-state index in [-0.39, 0.29) is 5.91 Å². The maximum atomic E-state index is 11.7. The van der Waals surface area contributed by atoms with Gasteiger partial charge in [0.1, 0.15) is 4.99 Å². The highest BCUT2D eigenvalue weighted by molar-refractivity contribution is 7.80. The van der Waals surface area contributed by atoms with Gasteiger partial charge in [-0.2, -0.15) is 0 Å². The molecule has 0 aliphatic rings. The molecule has 0 saturated heterocycles. The summed E-state index contributed by atoms with van der Waals surface area (Å²) < 4.78 is 0. The number of anilines is 1. The number of nitrogens with zero attached hydrogens (tertiary/aromatic N) is 1. The molecule has 0 spiro atoms. The standard InChI is InChI=1S/C14H21N3OS/c1-4-16-13(18)9-17(5-2)12-7-6-11(14(15)19)8-10(12)3/h6-8H,4-5,9H2,1-3H3,(H2,15,19)(H,16,18). The minimum absolute atomic E-state index is 0.0298. The Balaban J connectivity index is 2.92. The molecule has 0 saturated carbocycles. The molecule has 4 nitrogen and oxygen atoms in total. The lowest BCUT2D eigenvalue weighted by Crippen LogP contribution is -2.37. The van der Waals surface area contributed by atoms with Crippen molar-refractivity contribution in [3.05, 3.63) is 29.3 Å². The Morgan fingerprint density at radius 1 is 1.42 bits per heavy atom. The van der Waals surface area contributed by atoms with Gasteiger partial charge in [0, 0.05) is 24.3 Å². The number of hydrogen-bond acceptors (Lipinski definition) is 3. The molecule has 0 fully saturated rings. The van der Waals surface area contributed by atoms with Gasteiger partial charge in [0.2, 0.25) is 5.91 Å². The van der Waals surface area contributed by atoms with E-state index in [1.54, 1.807) is 0 Å². The fraction of sp³-hybridized carbons (Fsp3) is 0.429. The third-order valence-electron chi connectivity index (χ3n) is 2.91. The van der Waals surface area contributed by atoms with Crippen LogP contribution in [0.2, 0.25) is 0 Å². The maximum Gasteiger partial charge on any atom is 0.239 e. The van der Waals surface area contributed by atoms with Gasteiger partial charge in [0.25, 0.3) is 0 Å². The van der Waals surface area contributed by atoms with Crippen LogP contribution in [-0.2, 0) is 4.79 Å². The summed E-state index contributed by atoms with van der Waals surface area (Å²) in [6.45, 7) is 7.71. The predicted octanol–water partition coefficient (Wildman–Crippen LogP) is 1.59. The molecule has 0 unspecified atom stereocenters. The molecule has 0 aromatic heterocycles. The molecule has 5 heteroatoms. The van der Waals surface area contributed by atoms with Crippen LogP contribution in [0.15, 0.2) is 18.2 Å². The lowest BCUT2D eigenvalue weighted by molar-refractivity contribution is -0.119. The van der Waals surface area contributed by atoms with Gasteiger partial charge in [-0.15, -0.1) is 0 Å². The number of carbonyl (C=O) groups excluding carboxylic acids is 1. The number of nitrogens with two attached hydrogens (primary N) is 1. The van der Waals surface area contributed by atoms with E-state index < -0.39 is 0 Å². The molecule has 1 aromatic rings. The van der Waals surface area contributed by atoms with E-state index in [4.69, 9.17) is 18.0 Å². The van der Waals surface area contributed by atoms with E-state index in [1.807, 2.05) is 43.9 Å². The van der Waals surface area contributed by atoms with Gasteiger partial charge in [0.05, 0.1) is 6.54 Å². The number of carbonyl (C=O) groups is 1. The summed E-state index contributed by atoms with van der Waals surface area (Å²) in [4.78, 5) is 14.1. The Labute approximate surface area is 120 Å². The SMILES string of the molecule is CCNC(=O)CN(CC)c1ccc(C(N)=S)cc1C. The van der Waals surface area contributed by atoms with Gasteiger partial charge in [-0.25, -0.2) is 0 Å². The lowest BCUT2D eigenvalue weighted by Gasteiger charge is -2.24. The summed E-state index contributed by atoms with van der Waals surface area (Å²) in [5.74, 6) is 0.0298. The molecule has 1 rings (SSSR count). The Kier molecular flexibility index (Phi) is 5.76. The topological polar surface area (TPSA) is 58.4 Å². The Morgan fingerprint density at radius 2 is 2.11 bits per heavy atom. The minimum atomic E-state index is 0.0298. The number of aryl methyl sites for hydroxylation is 1. The molecule has 0 bridgehead atoms. The van der Waals surface area contributed by atoms with Crippen LogP contribution in [0.3, 0.4) is 0 Å². The highest BCUT2D eigenvalue weighted by Gasteiger charge is 2.12. The number of nitrogens with one attached hydrogen (secondary N) is 1. The number of amides is 1. The third kappa shape index (κ3) is 4.21. The van der Waals surface area contributed by atoms with Crippen LogP contribution in [0.25, 0.3) is 0 Å². The largest absolute Gasteiger partial charge is 0.389 e. The quantitative estimate of drug-likeness (QED) is 0.777. The van der Waals surface area contributed by atoms with E-state index in [2.05, 4.69) is 5.32 Å². The zero-order chi connectivity index (χ0) is 14.4. The van der Waals surface area contributed by atoms with Crippen LogP contribution in [0.1, 0.15) is 25.0 Å². The first-order valence-electron chi connectivity index (χ1n) is 6.41. The van der Waals surface area contributed by atoms with Crippen molar-refractivity contribution in [2.45, 2.75) is 20.8 Å². The summed E-state index contributed by atoms with van der Waals surface area (Å²) in [6.07, 6.45) is 0. The zero-order valence-corrected chi connectivity index (χ0v) is 12.5. The van der Waals surface area contributed by atoms with Crippen molar-refractivity contribution in [1.82, 2.24) is 5.32 Å². The lowest BCUT2D eigenvalue weighted by atomic mass is 10.1. The first-order chi connectivity index (χ1) is 8.99. The second-order valence-corrected chi connectivity index (χ2v) is 4.77. The normalized spacial score (nSPS) is 10.1. The zero-order valence-electron chi connectivity index (χ0n) is 11.7. The van der Waals surface area contributed by atoms with E-state index in [1.165, 1.54) is 0 Å². The number of rotatable bonds is 6. The van der Waals surface area contributed by atoms with Crippen molar-refractivity contribution in [3.8, 4) is 0 Å². The molecule has 0 radical (unpaired) electrons. The van der Waals surface area contributed by atoms with Crippen LogP contribution >= 0.6 is 12.2 Å². The van der Waals surface area contributed by atoms with Crippen molar-refractivity contribution in [3.63, 3.8) is 0 Å². The fourth-order valence-corrected chi connectivity index (χ4v) is 2.08. The average molecular weight is 279 g/mol. The summed E-state index contributed by atoms with van der Waals surface area (Å²) in [5, 5.41) is 2.81. The van der Waals surface area contributed by atoms with Crippen LogP contribution in [0.5, 0.6) is 0 Å². The van der Waals surface area contributed by atoms with E-state index >= 15 is 0 Å². The number of likely N-dealkylation sites (N-methyl/N-ethyl adjacent to an activating group) is 2. The first kappa shape index (κ1) is 15.4. The number of hydrogen-bond donors (Lipinski definition) is 2. The molecule has 1 aromatic carbocycles. The van der Waals surface area contributed by atoms with Crippen LogP contribution < -0.4 is 16.0 Å². The minimum Gasteiger partial charge on any atom is -0.389 e. The van der Waals surface area contributed by atoms with Crippen molar-refractivity contribution >= 4 is 28.8 Å². The third-order valence-corrected chi connectivity index (χ3v) is 3.15. The fourth-order valence-electron chi connectivity index (χ4n) is 1.96. The molecule has 0 aliphatic heterocycles. The highest BCUT2D eigenvalue weighted by Crippen LogP contribution is 2.21. The van der Waals surface area contributed by atoms with Gasteiger partial charge >= 0.3 is 0 Å². The Hall–Kier alpha value is -1.62. The summed E-state index contributed by atoms with van der Waals surface area (Å²) in [7, 11) is 0. The number of thiocarbonyl (C=S) groups is 1. The second kappa shape index (κ2) is 7.09. The van der Waals surface area contributed by atoms with Gasteiger partial charge in [-0.1, -0.05) is 12.2 Å². The van der Waals surface area contributed by atoms with Crippen LogP contribution in [0, 0.1) is 6.92 Å².